The third kappa shape index (κ3) is 5.45. The number of imide groups is 1. The van der Waals surface area contributed by atoms with Crippen LogP contribution in [0, 0.1) is 0 Å². The summed E-state index contributed by atoms with van der Waals surface area (Å²) in [7, 11) is 4.16. The third-order valence-corrected chi connectivity index (χ3v) is 5.59. The van der Waals surface area contributed by atoms with E-state index >= 15 is 0 Å². The highest BCUT2D eigenvalue weighted by Crippen LogP contribution is 2.36. The summed E-state index contributed by atoms with van der Waals surface area (Å²) in [5.74, 6) is -0.689. The smallest absolute Gasteiger partial charge is 0.416 e. The van der Waals surface area contributed by atoms with Crippen LogP contribution in [0.2, 0.25) is 0 Å². The molecular weight excluding hydrogens is 477 g/mol. The molecule has 1 saturated heterocycles. The van der Waals surface area contributed by atoms with Crippen LogP contribution in [-0.4, -0.2) is 49.8 Å². The second-order valence-electron chi connectivity index (χ2n) is 6.84. The Bertz CT molecular complexity index is 1170. The van der Waals surface area contributed by atoms with Gasteiger partial charge in [0.25, 0.3) is 11.1 Å². The summed E-state index contributed by atoms with van der Waals surface area (Å²) in [5.41, 5.74) is -0.677. The number of nitrogens with zero attached hydrogens (tertiary/aromatic N) is 1. The van der Waals surface area contributed by atoms with Crippen LogP contribution in [0.4, 0.5) is 23.7 Å². The van der Waals surface area contributed by atoms with E-state index in [-0.39, 0.29) is 16.3 Å². The Morgan fingerprint density at radius 2 is 1.65 bits per heavy atom. The Labute approximate surface area is 196 Å². The molecule has 1 heterocycles. The maximum absolute atomic E-state index is 13.0. The number of methoxy groups -OCH3 is 3. The summed E-state index contributed by atoms with van der Waals surface area (Å²) in [6, 6.07) is 7.47. The molecule has 2 aromatic carbocycles. The van der Waals surface area contributed by atoms with E-state index in [1.807, 2.05) is 0 Å². The Hall–Kier alpha value is -3.67. The van der Waals surface area contributed by atoms with Gasteiger partial charge in [-0.05, 0) is 53.7 Å². The van der Waals surface area contributed by atoms with Crippen molar-refractivity contribution in [2.24, 2.45) is 0 Å². The fraction of sp³-hybridized carbons (Fsp3) is 0.227. The first-order valence-electron chi connectivity index (χ1n) is 9.60. The maximum Gasteiger partial charge on any atom is 0.416 e. The van der Waals surface area contributed by atoms with Crippen LogP contribution < -0.4 is 19.5 Å². The minimum Gasteiger partial charge on any atom is -0.495 e. The van der Waals surface area contributed by atoms with Crippen LogP contribution >= 0.6 is 11.8 Å². The number of alkyl halides is 3. The number of carbonyl (C=O) groups excluding carboxylic acids is 3. The molecule has 1 N–H and O–H groups in total. The molecule has 1 fully saturated rings. The number of amides is 3. The molecule has 12 heteroatoms. The summed E-state index contributed by atoms with van der Waals surface area (Å²) < 4.78 is 54.4. The van der Waals surface area contributed by atoms with Crippen LogP contribution in [0.3, 0.4) is 0 Å². The molecule has 0 bridgehead atoms. The van der Waals surface area contributed by atoms with Crippen molar-refractivity contribution in [2.75, 3.05) is 33.2 Å². The zero-order chi connectivity index (χ0) is 25.0. The minimum atomic E-state index is -4.63. The van der Waals surface area contributed by atoms with Crippen molar-refractivity contribution >= 4 is 40.6 Å². The standard InChI is InChI=1S/C22H19F3N2O6S/c1-31-15-7-5-13(22(23,24)25)10-14(15)26-19(28)11-27-20(29)18(34-21(27)30)9-12-4-6-16(32-2)17(8-12)33-3/h4-10H,11H2,1-3H3,(H,26,28)/b18-9-. The third-order valence-electron chi connectivity index (χ3n) is 4.68. The van der Waals surface area contributed by atoms with Crippen LogP contribution in [0.25, 0.3) is 6.08 Å². The van der Waals surface area contributed by atoms with E-state index < -0.39 is 35.3 Å². The summed E-state index contributed by atoms with van der Waals surface area (Å²) in [5, 5.41) is 1.57. The van der Waals surface area contributed by atoms with Crippen LogP contribution in [0.1, 0.15) is 11.1 Å². The van der Waals surface area contributed by atoms with E-state index in [0.29, 0.717) is 39.8 Å². The fourth-order valence-electron chi connectivity index (χ4n) is 3.05. The van der Waals surface area contributed by atoms with Gasteiger partial charge in [0.2, 0.25) is 5.91 Å². The van der Waals surface area contributed by atoms with Gasteiger partial charge in [0, 0.05) is 0 Å². The van der Waals surface area contributed by atoms with Crippen molar-refractivity contribution < 1.29 is 41.8 Å². The number of anilines is 1. The molecule has 0 atom stereocenters. The predicted octanol–water partition coefficient (Wildman–Crippen LogP) is 4.41. The molecule has 0 aromatic heterocycles. The minimum absolute atomic E-state index is 0.0103. The Kier molecular flexibility index (Phi) is 7.40. The van der Waals surface area contributed by atoms with Gasteiger partial charge in [-0.25, -0.2) is 0 Å². The van der Waals surface area contributed by atoms with Crippen molar-refractivity contribution in [3.63, 3.8) is 0 Å². The molecule has 0 unspecified atom stereocenters. The van der Waals surface area contributed by atoms with Crippen molar-refractivity contribution in [2.45, 2.75) is 6.18 Å². The summed E-state index contributed by atoms with van der Waals surface area (Å²) in [6.45, 7) is -0.687. The van der Waals surface area contributed by atoms with Crippen molar-refractivity contribution in [3.05, 3.63) is 52.4 Å². The Balaban J connectivity index is 1.76. The number of thioether (sulfide) groups is 1. The average Bonchev–Trinajstić information content (AvgIpc) is 3.05. The predicted molar refractivity (Wildman–Crippen MR) is 119 cm³/mol. The highest BCUT2D eigenvalue weighted by atomic mass is 32.2. The lowest BCUT2D eigenvalue weighted by molar-refractivity contribution is -0.137. The lowest BCUT2D eigenvalue weighted by atomic mass is 10.1. The van der Waals surface area contributed by atoms with E-state index in [1.54, 1.807) is 18.2 Å². The average molecular weight is 496 g/mol. The molecule has 3 amide bonds. The van der Waals surface area contributed by atoms with Crippen molar-refractivity contribution in [1.82, 2.24) is 4.90 Å². The molecule has 2 aromatic rings. The fourth-order valence-corrected chi connectivity index (χ4v) is 3.88. The van der Waals surface area contributed by atoms with Gasteiger partial charge in [-0.2, -0.15) is 13.2 Å². The van der Waals surface area contributed by atoms with Gasteiger partial charge in [-0.3, -0.25) is 19.3 Å². The topological polar surface area (TPSA) is 94.2 Å². The summed E-state index contributed by atoms with van der Waals surface area (Å²) >= 11 is 0.635. The van der Waals surface area contributed by atoms with Crippen LogP contribution in [0.15, 0.2) is 41.3 Å². The zero-order valence-corrected chi connectivity index (χ0v) is 19.0. The molecule has 0 saturated carbocycles. The first-order valence-corrected chi connectivity index (χ1v) is 10.4. The first kappa shape index (κ1) is 25.0. The highest BCUT2D eigenvalue weighted by Gasteiger charge is 2.37. The monoisotopic (exact) mass is 496 g/mol. The number of ether oxygens (including phenoxy) is 3. The molecular formula is C22H19F3N2O6S. The summed E-state index contributed by atoms with van der Waals surface area (Å²) in [4.78, 5) is 38.3. The second kappa shape index (κ2) is 10.1. The van der Waals surface area contributed by atoms with E-state index in [9.17, 15) is 27.6 Å². The number of carbonyl (C=O) groups is 3. The highest BCUT2D eigenvalue weighted by molar-refractivity contribution is 8.18. The van der Waals surface area contributed by atoms with Gasteiger partial charge in [0.15, 0.2) is 11.5 Å². The quantitative estimate of drug-likeness (QED) is 0.568. The number of hydrogen-bond acceptors (Lipinski definition) is 7. The van der Waals surface area contributed by atoms with Gasteiger partial charge < -0.3 is 19.5 Å². The number of nitrogens with one attached hydrogen (secondary N) is 1. The van der Waals surface area contributed by atoms with Crippen molar-refractivity contribution in [3.8, 4) is 17.2 Å². The number of halogens is 3. The second-order valence-corrected chi connectivity index (χ2v) is 7.84. The lowest BCUT2D eigenvalue weighted by Gasteiger charge is -2.16. The molecule has 180 valence electrons. The lowest BCUT2D eigenvalue weighted by Crippen LogP contribution is -2.36. The van der Waals surface area contributed by atoms with Gasteiger partial charge in [-0.15, -0.1) is 0 Å². The van der Waals surface area contributed by atoms with Gasteiger partial charge in [-0.1, -0.05) is 6.07 Å². The van der Waals surface area contributed by atoms with Crippen molar-refractivity contribution in [1.29, 1.82) is 0 Å². The van der Waals surface area contributed by atoms with Gasteiger partial charge >= 0.3 is 6.18 Å². The van der Waals surface area contributed by atoms with Gasteiger partial charge in [0.1, 0.15) is 12.3 Å². The molecule has 1 aliphatic rings. The van der Waals surface area contributed by atoms with E-state index in [4.69, 9.17) is 14.2 Å². The van der Waals surface area contributed by atoms with Crippen LogP contribution in [0.5, 0.6) is 17.2 Å². The van der Waals surface area contributed by atoms with Gasteiger partial charge in [0.05, 0.1) is 37.5 Å². The maximum atomic E-state index is 13.0. The summed E-state index contributed by atoms with van der Waals surface area (Å²) in [6.07, 6.45) is -3.17. The van der Waals surface area contributed by atoms with E-state index in [1.165, 1.54) is 27.4 Å². The molecule has 3 rings (SSSR count). The normalized spacial score (nSPS) is 15.0. The SMILES string of the molecule is COc1ccc(C(F)(F)F)cc1NC(=O)CN1C(=O)S/C(=C\c2ccc(OC)c(OC)c2)C1=O. The first-order chi connectivity index (χ1) is 16.1. The van der Waals surface area contributed by atoms with E-state index in [2.05, 4.69) is 5.32 Å². The number of rotatable bonds is 7. The molecule has 34 heavy (non-hydrogen) atoms. The number of benzene rings is 2. The van der Waals surface area contributed by atoms with E-state index in [0.717, 1.165) is 12.1 Å². The molecule has 0 radical (unpaired) electrons. The van der Waals surface area contributed by atoms with Crippen LogP contribution in [-0.2, 0) is 15.8 Å². The molecule has 0 spiro atoms. The molecule has 8 nitrogen and oxygen atoms in total. The number of hydrogen-bond donors (Lipinski definition) is 1. The Morgan fingerprint density at radius 1 is 1.00 bits per heavy atom. The zero-order valence-electron chi connectivity index (χ0n) is 18.2. The Morgan fingerprint density at radius 3 is 2.26 bits per heavy atom. The molecule has 1 aliphatic heterocycles. The molecule has 0 aliphatic carbocycles. The largest absolute Gasteiger partial charge is 0.495 e.